The second kappa shape index (κ2) is 6.91. The van der Waals surface area contributed by atoms with E-state index in [-0.39, 0.29) is 11.3 Å². The normalized spacial score (nSPS) is 9.52. The fourth-order valence-corrected chi connectivity index (χ4v) is 1.52. The fraction of sp³-hybridized carbons (Fsp3) is 0. The molecule has 0 saturated heterocycles. The average molecular weight is 283 g/mol. The zero-order chi connectivity index (χ0) is 15.1. The number of ether oxygens (including phenoxy) is 1. The molecule has 5 heteroatoms. The Bertz CT molecular complexity index is 652. The highest BCUT2D eigenvalue weighted by atomic mass is 16.7. The van der Waals surface area contributed by atoms with Crippen LogP contribution in [0.3, 0.4) is 0 Å². The maximum absolute atomic E-state index is 12.1. The Balaban J connectivity index is 2.13. The van der Waals surface area contributed by atoms with Crippen molar-refractivity contribution in [3.63, 3.8) is 0 Å². The van der Waals surface area contributed by atoms with Crippen LogP contribution in [0.15, 0.2) is 67.3 Å². The van der Waals surface area contributed by atoms with Gasteiger partial charge in [-0.2, -0.15) is 5.48 Å². The molecule has 1 N–H and O–H groups in total. The van der Waals surface area contributed by atoms with Crippen LogP contribution < -0.4 is 15.1 Å². The molecule has 0 unspecified atom stereocenters. The van der Waals surface area contributed by atoms with E-state index in [4.69, 9.17) is 9.57 Å². The van der Waals surface area contributed by atoms with Gasteiger partial charge in [-0.05, 0) is 30.3 Å². The van der Waals surface area contributed by atoms with Crippen LogP contribution in [0.25, 0.3) is 0 Å². The molecule has 0 saturated carbocycles. The maximum Gasteiger partial charge on any atom is 0.347 e. The number of nitrogens with one attached hydrogen (secondary N) is 1. The van der Waals surface area contributed by atoms with Crippen LogP contribution in [0.5, 0.6) is 11.5 Å². The summed E-state index contributed by atoms with van der Waals surface area (Å²) >= 11 is 0. The standard InChI is InChI=1S/C16H13NO4/c1-2-15(18)17-21-14-11-7-6-10-13(14)16(19)20-12-8-4-3-5-9-12/h2-11H,1H2,(H,17,18). The van der Waals surface area contributed by atoms with Crippen molar-refractivity contribution in [1.29, 1.82) is 0 Å². The number of rotatable bonds is 5. The summed E-state index contributed by atoms with van der Waals surface area (Å²) in [6.45, 7) is 3.30. The van der Waals surface area contributed by atoms with Gasteiger partial charge in [-0.1, -0.05) is 36.9 Å². The number of hydrogen-bond donors (Lipinski definition) is 1. The summed E-state index contributed by atoms with van der Waals surface area (Å²) in [5.74, 6) is -0.480. The predicted octanol–water partition coefficient (Wildman–Crippen LogP) is 2.50. The summed E-state index contributed by atoms with van der Waals surface area (Å²) in [6.07, 6.45) is 1.06. The second-order valence-corrected chi connectivity index (χ2v) is 3.97. The molecule has 106 valence electrons. The Kier molecular flexibility index (Phi) is 4.71. The van der Waals surface area contributed by atoms with Crippen molar-refractivity contribution in [3.05, 3.63) is 72.8 Å². The Hall–Kier alpha value is -3.08. The van der Waals surface area contributed by atoms with Crippen molar-refractivity contribution in [1.82, 2.24) is 5.48 Å². The molecule has 21 heavy (non-hydrogen) atoms. The van der Waals surface area contributed by atoms with Crippen LogP contribution in [0, 0.1) is 0 Å². The molecule has 0 heterocycles. The van der Waals surface area contributed by atoms with Crippen LogP contribution in [0.4, 0.5) is 0 Å². The first-order chi connectivity index (χ1) is 10.2. The van der Waals surface area contributed by atoms with Gasteiger partial charge in [0.15, 0.2) is 5.75 Å². The minimum absolute atomic E-state index is 0.189. The van der Waals surface area contributed by atoms with Gasteiger partial charge in [0.2, 0.25) is 0 Å². The zero-order valence-corrected chi connectivity index (χ0v) is 11.1. The van der Waals surface area contributed by atoms with Crippen molar-refractivity contribution in [2.45, 2.75) is 0 Å². The quantitative estimate of drug-likeness (QED) is 0.396. The molecule has 0 fully saturated rings. The lowest BCUT2D eigenvalue weighted by Crippen LogP contribution is -2.26. The molecule has 0 aromatic heterocycles. The van der Waals surface area contributed by atoms with E-state index in [1.807, 2.05) is 6.07 Å². The number of esters is 1. The molecule has 2 rings (SSSR count). The Morgan fingerprint density at radius 3 is 2.38 bits per heavy atom. The van der Waals surface area contributed by atoms with Gasteiger partial charge in [0.25, 0.3) is 5.91 Å². The lowest BCUT2D eigenvalue weighted by Gasteiger charge is -2.10. The molecule has 0 spiro atoms. The van der Waals surface area contributed by atoms with E-state index in [1.165, 1.54) is 0 Å². The molecule has 0 radical (unpaired) electrons. The SMILES string of the molecule is C=CC(=O)NOc1ccccc1C(=O)Oc1ccccc1. The first kappa shape index (κ1) is 14.3. The van der Waals surface area contributed by atoms with E-state index in [0.717, 1.165) is 6.08 Å². The number of amides is 1. The summed E-state index contributed by atoms with van der Waals surface area (Å²) in [7, 11) is 0. The Morgan fingerprint density at radius 2 is 1.67 bits per heavy atom. The van der Waals surface area contributed by atoms with E-state index in [1.54, 1.807) is 48.5 Å². The molecule has 0 aliphatic heterocycles. The third-order valence-corrected chi connectivity index (χ3v) is 2.51. The zero-order valence-electron chi connectivity index (χ0n) is 11.1. The lowest BCUT2D eigenvalue weighted by molar-refractivity contribution is -0.122. The Morgan fingerprint density at radius 1 is 1.00 bits per heavy atom. The number of para-hydroxylation sites is 2. The Labute approximate surface area is 121 Å². The van der Waals surface area contributed by atoms with Gasteiger partial charge >= 0.3 is 5.97 Å². The van der Waals surface area contributed by atoms with Gasteiger partial charge in [0.05, 0.1) is 0 Å². The van der Waals surface area contributed by atoms with Gasteiger partial charge in [-0.25, -0.2) is 4.79 Å². The maximum atomic E-state index is 12.1. The molecule has 0 atom stereocenters. The van der Waals surface area contributed by atoms with Crippen molar-refractivity contribution in [3.8, 4) is 11.5 Å². The van der Waals surface area contributed by atoms with Crippen molar-refractivity contribution in [2.24, 2.45) is 0 Å². The van der Waals surface area contributed by atoms with E-state index in [9.17, 15) is 9.59 Å². The summed E-state index contributed by atoms with van der Waals surface area (Å²) in [4.78, 5) is 28.3. The number of carbonyl (C=O) groups is 2. The first-order valence-electron chi connectivity index (χ1n) is 6.16. The monoisotopic (exact) mass is 283 g/mol. The van der Waals surface area contributed by atoms with Crippen molar-refractivity contribution >= 4 is 11.9 Å². The molecule has 2 aromatic carbocycles. The number of benzene rings is 2. The summed E-state index contributed by atoms with van der Waals surface area (Å²) in [6, 6.07) is 15.1. The van der Waals surface area contributed by atoms with E-state index < -0.39 is 11.9 Å². The largest absolute Gasteiger partial charge is 0.423 e. The summed E-state index contributed by atoms with van der Waals surface area (Å²) in [5.41, 5.74) is 2.34. The van der Waals surface area contributed by atoms with Gasteiger partial charge in [0.1, 0.15) is 11.3 Å². The third-order valence-electron chi connectivity index (χ3n) is 2.51. The molecule has 0 bridgehead atoms. The summed E-state index contributed by atoms with van der Waals surface area (Å²) in [5, 5.41) is 0. The molecule has 0 aliphatic rings. The van der Waals surface area contributed by atoms with Gasteiger partial charge in [-0.15, -0.1) is 0 Å². The smallest absolute Gasteiger partial charge is 0.347 e. The van der Waals surface area contributed by atoms with Crippen LogP contribution in [0.2, 0.25) is 0 Å². The van der Waals surface area contributed by atoms with Crippen LogP contribution in [-0.2, 0) is 4.79 Å². The first-order valence-corrected chi connectivity index (χ1v) is 6.16. The number of carbonyl (C=O) groups excluding carboxylic acids is 2. The number of hydroxylamine groups is 1. The minimum Gasteiger partial charge on any atom is -0.423 e. The highest BCUT2D eigenvalue weighted by molar-refractivity contribution is 5.94. The highest BCUT2D eigenvalue weighted by Crippen LogP contribution is 2.20. The number of hydrogen-bond acceptors (Lipinski definition) is 4. The molecule has 5 nitrogen and oxygen atoms in total. The molecule has 2 aromatic rings. The molecular weight excluding hydrogens is 270 g/mol. The molecule has 1 amide bonds. The van der Waals surface area contributed by atoms with E-state index in [0.29, 0.717) is 5.75 Å². The van der Waals surface area contributed by atoms with Crippen LogP contribution in [-0.4, -0.2) is 11.9 Å². The highest BCUT2D eigenvalue weighted by Gasteiger charge is 2.15. The lowest BCUT2D eigenvalue weighted by atomic mass is 10.2. The van der Waals surface area contributed by atoms with E-state index in [2.05, 4.69) is 12.1 Å². The molecular formula is C16H13NO4. The minimum atomic E-state index is -0.579. The van der Waals surface area contributed by atoms with Crippen molar-refractivity contribution in [2.75, 3.05) is 0 Å². The van der Waals surface area contributed by atoms with Crippen molar-refractivity contribution < 1.29 is 19.2 Å². The third kappa shape index (κ3) is 3.94. The molecule has 0 aliphatic carbocycles. The van der Waals surface area contributed by atoms with Gasteiger partial charge in [0, 0.05) is 0 Å². The van der Waals surface area contributed by atoms with Crippen LogP contribution in [0.1, 0.15) is 10.4 Å². The average Bonchev–Trinajstić information content (AvgIpc) is 2.53. The van der Waals surface area contributed by atoms with E-state index >= 15 is 0 Å². The van der Waals surface area contributed by atoms with Crippen LogP contribution >= 0.6 is 0 Å². The second-order valence-electron chi connectivity index (χ2n) is 3.97. The predicted molar refractivity (Wildman–Crippen MR) is 76.8 cm³/mol. The van der Waals surface area contributed by atoms with Gasteiger partial charge < -0.3 is 9.57 Å². The topological polar surface area (TPSA) is 64.6 Å². The fourth-order valence-electron chi connectivity index (χ4n) is 1.52. The van der Waals surface area contributed by atoms with Gasteiger partial charge in [-0.3, -0.25) is 4.79 Å². The summed E-state index contributed by atoms with van der Waals surface area (Å²) < 4.78 is 5.22.